The second-order valence-electron chi connectivity index (χ2n) is 9.45. The standard InChI is InChI=1S/C27H36N6O5/c1-3-15(2)23-27(37)31-20(6-4-5-11-28)26(36)32-21-12-16(24(30)34)7-8-17(21)14-38-22-10-9-18(29)13-19(22)25(35)33-23/h7-10,12-13,15,20,23H,3-6,11,14,28-29H2,1-2H3,(H2,30,34)(H,31,37)(H,32,36)(H,33,35)/t15-,20-,23-/m0/s1. The molecule has 0 fully saturated rings. The van der Waals surface area contributed by atoms with E-state index in [1.165, 1.54) is 18.2 Å². The van der Waals surface area contributed by atoms with E-state index in [9.17, 15) is 19.2 Å². The van der Waals surface area contributed by atoms with Crippen LogP contribution >= 0.6 is 0 Å². The maximum absolute atomic E-state index is 13.4. The number of anilines is 2. The number of nitrogens with one attached hydrogen (secondary N) is 3. The minimum atomic E-state index is -0.914. The fourth-order valence-electron chi connectivity index (χ4n) is 4.14. The Labute approximate surface area is 221 Å². The largest absolute Gasteiger partial charge is 0.488 e. The predicted molar refractivity (Wildman–Crippen MR) is 144 cm³/mol. The van der Waals surface area contributed by atoms with Crippen LogP contribution in [0.25, 0.3) is 0 Å². The number of hydrogen-bond donors (Lipinski definition) is 6. The van der Waals surface area contributed by atoms with Crippen LogP contribution in [0.15, 0.2) is 36.4 Å². The topological polar surface area (TPSA) is 192 Å². The molecule has 0 bridgehead atoms. The number of rotatable bonds is 7. The summed E-state index contributed by atoms with van der Waals surface area (Å²) < 4.78 is 5.98. The molecule has 9 N–H and O–H groups in total. The number of carbonyl (C=O) groups is 4. The van der Waals surface area contributed by atoms with E-state index in [0.717, 1.165) is 0 Å². The van der Waals surface area contributed by atoms with E-state index < -0.39 is 35.7 Å². The number of primary amides is 1. The Morgan fingerprint density at radius 3 is 2.53 bits per heavy atom. The number of amides is 4. The Hall–Kier alpha value is -4.12. The Morgan fingerprint density at radius 2 is 1.84 bits per heavy atom. The first-order valence-electron chi connectivity index (χ1n) is 12.7. The molecule has 1 aliphatic rings. The first-order valence-corrected chi connectivity index (χ1v) is 12.7. The smallest absolute Gasteiger partial charge is 0.255 e. The molecule has 2 aromatic carbocycles. The van der Waals surface area contributed by atoms with Crippen LogP contribution < -0.4 is 37.9 Å². The molecule has 11 nitrogen and oxygen atoms in total. The Kier molecular flexibility index (Phi) is 9.66. The Morgan fingerprint density at radius 1 is 1.08 bits per heavy atom. The molecule has 0 unspecified atom stereocenters. The molecule has 0 aromatic heterocycles. The number of ether oxygens (including phenoxy) is 1. The Bertz CT molecular complexity index is 1200. The van der Waals surface area contributed by atoms with E-state index in [1.807, 2.05) is 13.8 Å². The van der Waals surface area contributed by atoms with Gasteiger partial charge in [-0.3, -0.25) is 19.2 Å². The van der Waals surface area contributed by atoms with Crippen molar-refractivity contribution in [3.8, 4) is 5.75 Å². The zero-order valence-corrected chi connectivity index (χ0v) is 21.7. The normalized spacial score (nSPS) is 19.0. The molecule has 0 saturated heterocycles. The van der Waals surface area contributed by atoms with Crippen molar-refractivity contribution in [2.75, 3.05) is 17.6 Å². The SMILES string of the molecule is CC[C@H](C)[C@@H]1NC(=O)c2cc(N)ccc2OCc2ccc(C(N)=O)cc2NC(=O)[C@H](CCCCN)NC1=O. The molecule has 2 aromatic rings. The zero-order chi connectivity index (χ0) is 27.8. The quantitative estimate of drug-likeness (QED) is 0.234. The molecular weight excluding hydrogens is 488 g/mol. The lowest BCUT2D eigenvalue weighted by Gasteiger charge is -2.27. The van der Waals surface area contributed by atoms with Gasteiger partial charge >= 0.3 is 0 Å². The number of unbranched alkanes of at least 4 members (excludes halogenated alkanes) is 1. The van der Waals surface area contributed by atoms with E-state index in [2.05, 4.69) is 16.0 Å². The van der Waals surface area contributed by atoms with Gasteiger partial charge in [-0.1, -0.05) is 26.3 Å². The van der Waals surface area contributed by atoms with Crippen LogP contribution in [0.3, 0.4) is 0 Å². The Balaban J connectivity index is 2.09. The van der Waals surface area contributed by atoms with Gasteiger partial charge in [-0.05, 0) is 62.1 Å². The van der Waals surface area contributed by atoms with Gasteiger partial charge < -0.3 is 37.9 Å². The lowest BCUT2D eigenvalue weighted by Crippen LogP contribution is -2.55. The number of nitrogens with two attached hydrogens (primary N) is 3. The third-order valence-electron chi connectivity index (χ3n) is 6.65. The molecule has 3 rings (SSSR count). The van der Waals surface area contributed by atoms with Crippen LogP contribution in [0.1, 0.15) is 65.8 Å². The molecule has 0 spiro atoms. The maximum atomic E-state index is 13.4. The second kappa shape index (κ2) is 12.9. The van der Waals surface area contributed by atoms with E-state index in [1.54, 1.807) is 18.2 Å². The van der Waals surface area contributed by atoms with Crippen molar-refractivity contribution < 1.29 is 23.9 Å². The molecule has 0 radical (unpaired) electrons. The summed E-state index contributed by atoms with van der Waals surface area (Å²) in [5.74, 6) is -2.15. The van der Waals surface area contributed by atoms with E-state index >= 15 is 0 Å². The molecule has 1 heterocycles. The van der Waals surface area contributed by atoms with Gasteiger partial charge in [0.1, 0.15) is 24.4 Å². The van der Waals surface area contributed by atoms with Gasteiger partial charge in [-0.25, -0.2) is 0 Å². The van der Waals surface area contributed by atoms with Gasteiger partial charge in [-0.15, -0.1) is 0 Å². The summed E-state index contributed by atoms with van der Waals surface area (Å²) in [6.07, 6.45) is 2.20. The van der Waals surface area contributed by atoms with Crippen molar-refractivity contribution in [1.82, 2.24) is 10.6 Å². The molecule has 11 heteroatoms. The fraction of sp³-hybridized carbons (Fsp3) is 0.407. The van der Waals surface area contributed by atoms with Gasteiger partial charge in [0.2, 0.25) is 17.7 Å². The highest BCUT2D eigenvalue weighted by atomic mass is 16.5. The third kappa shape index (κ3) is 7.00. The number of nitrogen functional groups attached to an aromatic ring is 1. The van der Waals surface area contributed by atoms with Gasteiger partial charge in [0.15, 0.2) is 0 Å². The highest BCUT2D eigenvalue weighted by molar-refractivity contribution is 6.03. The van der Waals surface area contributed by atoms with Crippen molar-refractivity contribution >= 4 is 35.0 Å². The summed E-state index contributed by atoms with van der Waals surface area (Å²) in [6.45, 7) is 4.16. The first-order chi connectivity index (χ1) is 18.1. The van der Waals surface area contributed by atoms with Crippen molar-refractivity contribution in [3.63, 3.8) is 0 Å². The predicted octanol–water partition coefficient (Wildman–Crippen LogP) is 1.66. The number of benzene rings is 2. The van der Waals surface area contributed by atoms with Gasteiger partial charge in [0.25, 0.3) is 5.91 Å². The van der Waals surface area contributed by atoms with E-state index in [-0.39, 0.29) is 29.4 Å². The van der Waals surface area contributed by atoms with Crippen molar-refractivity contribution in [2.24, 2.45) is 17.4 Å². The molecule has 0 saturated carbocycles. The number of fused-ring (bicyclic) bond motifs is 2. The minimum Gasteiger partial charge on any atom is -0.488 e. The minimum absolute atomic E-state index is 0.0299. The summed E-state index contributed by atoms with van der Waals surface area (Å²) in [4.78, 5) is 52.0. The molecular formula is C27H36N6O5. The second-order valence-corrected chi connectivity index (χ2v) is 9.45. The van der Waals surface area contributed by atoms with Crippen molar-refractivity contribution in [1.29, 1.82) is 0 Å². The lowest BCUT2D eigenvalue weighted by molar-refractivity contribution is -0.128. The summed E-state index contributed by atoms with van der Waals surface area (Å²) in [7, 11) is 0. The van der Waals surface area contributed by atoms with Crippen LogP contribution in [0, 0.1) is 5.92 Å². The van der Waals surface area contributed by atoms with Crippen molar-refractivity contribution in [3.05, 3.63) is 53.1 Å². The monoisotopic (exact) mass is 524 g/mol. The van der Waals surface area contributed by atoms with E-state index in [0.29, 0.717) is 49.2 Å². The summed E-state index contributed by atoms with van der Waals surface area (Å²) in [5.41, 5.74) is 18.6. The summed E-state index contributed by atoms with van der Waals surface area (Å²) >= 11 is 0. The summed E-state index contributed by atoms with van der Waals surface area (Å²) in [6, 6.07) is 7.42. The highest BCUT2D eigenvalue weighted by Gasteiger charge is 2.31. The molecule has 38 heavy (non-hydrogen) atoms. The third-order valence-corrected chi connectivity index (χ3v) is 6.65. The zero-order valence-electron chi connectivity index (χ0n) is 21.7. The van der Waals surface area contributed by atoms with Gasteiger partial charge in [0, 0.05) is 22.5 Å². The molecule has 0 aliphatic carbocycles. The van der Waals surface area contributed by atoms with Crippen LogP contribution in [-0.2, 0) is 16.2 Å². The molecule has 204 valence electrons. The van der Waals surface area contributed by atoms with Crippen LogP contribution in [0.4, 0.5) is 11.4 Å². The average Bonchev–Trinajstić information content (AvgIpc) is 2.89. The first kappa shape index (κ1) is 28.5. The van der Waals surface area contributed by atoms with Crippen molar-refractivity contribution in [2.45, 2.75) is 58.2 Å². The summed E-state index contributed by atoms with van der Waals surface area (Å²) in [5, 5.41) is 8.45. The van der Waals surface area contributed by atoms with Crippen LogP contribution in [-0.4, -0.2) is 42.3 Å². The van der Waals surface area contributed by atoms with E-state index in [4.69, 9.17) is 21.9 Å². The maximum Gasteiger partial charge on any atom is 0.255 e. The fourth-order valence-corrected chi connectivity index (χ4v) is 4.14. The number of carbonyl (C=O) groups excluding carboxylic acids is 4. The van der Waals surface area contributed by atoms with Gasteiger partial charge in [-0.2, -0.15) is 0 Å². The van der Waals surface area contributed by atoms with Gasteiger partial charge in [0.05, 0.1) is 5.56 Å². The van der Waals surface area contributed by atoms with Crippen LogP contribution in [0.5, 0.6) is 5.75 Å². The molecule has 3 atom stereocenters. The lowest BCUT2D eigenvalue weighted by atomic mass is 9.96. The highest BCUT2D eigenvalue weighted by Crippen LogP contribution is 2.26. The van der Waals surface area contributed by atoms with Crippen LogP contribution in [0.2, 0.25) is 0 Å². The number of hydrogen-bond acceptors (Lipinski definition) is 7. The molecule has 4 amide bonds. The average molecular weight is 525 g/mol. The molecule has 1 aliphatic heterocycles.